The lowest BCUT2D eigenvalue weighted by molar-refractivity contribution is 0.0730. The Balaban J connectivity index is 1.42. The molecule has 1 heterocycles. The maximum absolute atomic E-state index is 12.9. The van der Waals surface area contributed by atoms with Gasteiger partial charge in [0.05, 0.1) is 6.04 Å². The van der Waals surface area contributed by atoms with Crippen LogP contribution in [0.2, 0.25) is 0 Å². The molecular weight excluding hydrogens is 372 g/mol. The van der Waals surface area contributed by atoms with Gasteiger partial charge in [-0.25, -0.2) is 4.98 Å². The van der Waals surface area contributed by atoms with E-state index in [-0.39, 0.29) is 11.9 Å². The summed E-state index contributed by atoms with van der Waals surface area (Å²) < 4.78 is 1.09. The fourth-order valence-corrected chi connectivity index (χ4v) is 5.37. The molecule has 138 valence electrons. The van der Waals surface area contributed by atoms with E-state index in [9.17, 15) is 4.79 Å². The minimum atomic E-state index is 0.0893. The molecule has 0 saturated heterocycles. The van der Waals surface area contributed by atoms with Crippen LogP contribution in [-0.2, 0) is 12.2 Å². The molecule has 1 aliphatic rings. The highest BCUT2D eigenvalue weighted by Crippen LogP contribution is 2.35. The van der Waals surface area contributed by atoms with E-state index < -0.39 is 0 Å². The van der Waals surface area contributed by atoms with Gasteiger partial charge in [0.15, 0.2) is 0 Å². The van der Waals surface area contributed by atoms with Crippen LogP contribution in [0.3, 0.4) is 0 Å². The third kappa shape index (κ3) is 3.94. The number of amides is 1. The fraction of sp³-hybridized carbons (Fsp3) is 0.273. The first-order valence-electron chi connectivity index (χ1n) is 9.10. The average Bonchev–Trinajstić information content (AvgIpc) is 3.31. The van der Waals surface area contributed by atoms with E-state index in [0.29, 0.717) is 0 Å². The van der Waals surface area contributed by atoms with E-state index in [0.717, 1.165) is 34.2 Å². The lowest BCUT2D eigenvalue weighted by atomic mass is 10.1. The molecule has 0 radical (unpaired) electrons. The normalized spacial score (nSPS) is 15.6. The Morgan fingerprint density at radius 3 is 2.74 bits per heavy atom. The smallest absolute Gasteiger partial charge is 0.254 e. The van der Waals surface area contributed by atoms with Crippen LogP contribution >= 0.6 is 23.1 Å². The molecule has 5 heteroatoms. The molecule has 3 aromatic rings. The summed E-state index contributed by atoms with van der Waals surface area (Å²) in [5.74, 6) is 0.958. The zero-order valence-electron chi connectivity index (χ0n) is 15.5. The number of rotatable bonds is 5. The van der Waals surface area contributed by atoms with Gasteiger partial charge in [0.2, 0.25) is 0 Å². The largest absolute Gasteiger partial charge is 0.335 e. The van der Waals surface area contributed by atoms with Gasteiger partial charge in [-0.15, -0.1) is 11.3 Å². The first-order chi connectivity index (χ1) is 13.1. The number of benzene rings is 2. The van der Waals surface area contributed by atoms with Crippen molar-refractivity contribution in [2.24, 2.45) is 0 Å². The number of carbonyl (C=O) groups excluding carboxylic acids is 1. The molecule has 1 aromatic heterocycles. The standard InChI is InChI=1S/C22H22N2OS2/c1-15-13-26-22(23-15)27-14-16-7-9-18(10-8-16)21(25)24(2)20-12-11-17-5-3-4-6-19(17)20/h3-10,13,20H,11-12,14H2,1-2H3. The van der Waals surface area contributed by atoms with Gasteiger partial charge in [0.25, 0.3) is 5.91 Å². The van der Waals surface area contributed by atoms with Crippen LogP contribution in [0, 0.1) is 6.92 Å². The van der Waals surface area contributed by atoms with E-state index in [4.69, 9.17) is 0 Å². The van der Waals surface area contributed by atoms with Gasteiger partial charge in [-0.1, -0.05) is 48.2 Å². The number of carbonyl (C=O) groups is 1. The molecule has 1 amide bonds. The second kappa shape index (κ2) is 7.87. The number of nitrogens with zero attached hydrogens (tertiary/aromatic N) is 2. The maximum atomic E-state index is 12.9. The van der Waals surface area contributed by atoms with Crippen LogP contribution < -0.4 is 0 Å². The summed E-state index contributed by atoms with van der Waals surface area (Å²) in [5, 5.41) is 2.07. The monoisotopic (exact) mass is 394 g/mol. The molecule has 2 aromatic carbocycles. The summed E-state index contributed by atoms with van der Waals surface area (Å²) >= 11 is 3.42. The van der Waals surface area contributed by atoms with Crippen LogP contribution in [0.1, 0.15) is 45.2 Å². The van der Waals surface area contributed by atoms with Gasteiger partial charge in [-0.2, -0.15) is 0 Å². The summed E-state index contributed by atoms with van der Waals surface area (Å²) in [4.78, 5) is 19.3. The SMILES string of the molecule is Cc1csc(SCc2ccc(C(=O)N(C)C3CCc4ccccc43)cc2)n1. The van der Waals surface area contributed by atoms with Crippen LogP contribution in [0.4, 0.5) is 0 Å². The van der Waals surface area contributed by atoms with E-state index in [1.54, 1.807) is 23.1 Å². The first kappa shape index (κ1) is 18.3. The topological polar surface area (TPSA) is 33.2 Å². The summed E-state index contributed by atoms with van der Waals surface area (Å²) in [5.41, 5.74) is 5.69. The molecule has 0 saturated carbocycles. The average molecular weight is 395 g/mol. The molecule has 0 aliphatic heterocycles. The summed E-state index contributed by atoms with van der Waals surface area (Å²) in [6, 6.07) is 16.6. The zero-order valence-corrected chi connectivity index (χ0v) is 17.1. The van der Waals surface area contributed by atoms with E-state index in [2.05, 4.69) is 46.8 Å². The highest BCUT2D eigenvalue weighted by atomic mass is 32.2. The minimum Gasteiger partial charge on any atom is -0.335 e. The van der Waals surface area contributed by atoms with Crippen LogP contribution in [-0.4, -0.2) is 22.8 Å². The van der Waals surface area contributed by atoms with Crippen LogP contribution in [0.5, 0.6) is 0 Å². The van der Waals surface area contributed by atoms with Crippen molar-refractivity contribution in [2.45, 2.75) is 35.9 Å². The fourth-order valence-electron chi connectivity index (χ4n) is 3.57. The molecule has 0 bridgehead atoms. The van der Waals surface area contributed by atoms with Crippen molar-refractivity contribution in [3.63, 3.8) is 0 Å². The maximum Gasteiger partial charge on any atom is 0.254 e. The van der Waals surface area contributed by atoms with Crippen molar-refractivity contribution in [2.75, 3.05) is 7.05 Å². The van der Waals surface area contributed by atoms with E-state index in [1.807, 2.05) is 31.0 Å². The Morgan fingerprint density at radius 1 is 1.22 bits per heavy atom. The first-order valence-corrected chi connectivity index (χ1v) is 11.0. The predicted molar refractivity (Wildman–Crippen MR) is 112 cm³/mol. The predicted octanol–water partition coefficient (Wildman–Crippen LogP) is 5.50. The Kier molecular flexibility index (Phi) is 5.32. The van der Waals surface area contributed by atoms with Gasteiger partial charge in [0, 0.05) is 29.4 Å². The van der Waals surface area contributed by atoms with Gasteiger partial charge in [-0.3, -0.25) is 4.79 Å². The van der Waals surface area contributed by atoms with E-state index >= 15 is 0 Å². The Morgan fingerprint density at radius 2 is 2.00 bits per heavy atom. The second-order valence-electron chi connectivity index (χ2n) is 6.91. The molecular formula is C22H22N2OS2. The molecule has 4 rings (SSSR count). The molecule has 0 N–H and O–H groups in total. The molecule has 1 aliphatic carbocycles. The van der Waals surface area contributed by atoms with Crippen molar-refractivity contribution >= 4 is 29.0 Å². The number of thiazole rings is 1. The Hall–Kier alpha value is -2.11. The quantitative estimate of drug-likeness (QED) is 0.536. The lowest BCUT2D eigenvalue weighted by Gasteiger charge is -2.25. The van der Waals surface area contributed by atoms with E-state index in [1.165, 1.54) is 16.7 Å². The summed E-state index contributed by atoms with van der Waals surface area (Å²) in [6.45, 7) is 2.01. The lowest BCUT2D eigenvalue weighted by Crippen LogP contribution is -2.30. The zero-order chi connectivity index (χ0) is 18.8. The van der Waals surface area contributed by atoms with Gasteiger partial charge >= 0.3 is 0 Å². The summed E-state index contributed by atoms with van der Waals surface area (Å²) in [6.07, 6.45) is 2.05. The number of aryl methyl sites for hydroxylation is 2. The van der Waals surface area contributed by atoms with Gasteiger partial charge in [-0.05, 0) is 48.6 Å². The molecule has 27 heavy (non-hydrogen) atoms. The molecule has 0 spiro atoms. The molecule has 1 atom stereocenters. The number of hydrogen-bond acceptors (Lipinski definition) is 4. The van der Waals surface area contributed by atoms with Gasteiger partial charge in [0.1, 0.15) is 4.34 Å². The van der Waals surface area contributed by atoms with Crippen LogP contribution in [0.15, 0.2) is 58.3 Å². The number of thioether (sulfide) groups is 1. The molecule has 3 nitrogen and oxygen atoms in total. The van der Waals surface area contributed by atoms with Crippen molar-refractivity contribution in [1.82, 2.24) is 9.88 Å². The Bertz CT molecular complexity index is 949. The molecule has 0 fully saturated rings. The van der Waals surface area contributed by atoms with Crippen molar-refractivity contribution in [3.05, 3.63) is 81.9 Å². The third-order valence-corrected chi connectivity index (χ3v) is 7.26. The highest BCUT2D eigenvalue weighted by Gasteiger charge is 2.28. The van der Waals surface area contributed by atoms with Crippen molar-refractivity contribution < 1.29 is 4.79 Å². The third-order valence-electron chi connectivity index (χ3n) is 5.05. The van der Waals surface area contributed by atoms with Crippen molar-refractivity contribution in [1.29, 1.82) is 0 Å². The highest BCUT2D eigenvalue weighted by molar-refractivity contribution is 8.00. The minimum absolute atomic E-state index is 0.0893. The summed E-state index contributed by atoms with van der Waals surface area (Å²) in [7, 11) is 1.92. The second-order valence-corrected chi connectivity index (χ2v) is 8.99. The Labute approximate surface area is 168 Å². The number of fused-ring (bicyclic) bond motifs is 1. The van der Waals surface area contributed by atoms with Crippen molar-refractivity contribution in [3.8, 4) is 0 Å². The number of aromatic nitrogens is 1. The molecule has 1 unspecified atom stereocenters. The van der Waals surface area contributed by atoms with Crippen LogP contribution in [0.25, 0.3) is 0 Å². The van der Waals surface area contributed by atoms with Gasteiger partial charge < -0.3 is 4.90 Å². The number of hydrogen-bond donors (Lipinski definition) is 0.